The number of benzene rings is 1. The minimum absolute atomic E-state index is 0.612. The molecule has 0 saturated heterocycles. The SMILES string of the molecule is CCNc1cc(Nc2cccc(C#N)c2)nc(SC)n1. The van der Waals surface area contributed by atoms with E-state index in [2.05, 4.69) is 26.7 Å². The average molecular weight is 285 g/mol. The monoisotopic (exact) mass is 285 g/mol. The highest BCUT2D eigenvalue weighted by Gasteiger charge is 2.04. The molecule has 0 atom stereocenters. The molecule has 0 fully saturated rings. The lowest BCUT2D eigenvalue weighted by Gasteiger charge is -2.09. The summed E-state index contributed by atoms with van der Waals surface area (Å²) in [5.41, 5.74) is 1.44. The van der Waals surface area contributed by atoms with Gasteiger partial charge in [-0.15, -0.1) is 0 Å². The normalized spacial score (nSPS) is 9.85. The van der Waals surface area contributed by atoms with E-state index in [0.717, 1.165) is 18.1 Å². The highest BCUT2D eigenvalue weighted by Crippen LogP contribution is 2.21. The van der Waals surface area contributed by atoms with Gasteiger partial charge in [0.2, 0.25) is 0 Å². The minimum Gasteiger partial charge on any atom is -0.370 e. The number of nitriles is 1. The fourth-order valence-corrected chi connectivity index (χ4v) is 2.05. The predicted octanol–water partition coefficient (Wildman–Crippen LogP) is 3.25. The lowest BCUT2D eigenvalue weighted by Crippen LogP contribution is -2.03. The Morgan fingerprint density at radius 1 is 1.25 bits per heavy atom. The first-order valence-corrected chi connectivity index (χ1v) is 7.41. The maximum atomic E-state index is 8.91. The van der Waals surface area contributed by atoms with Crippen molar-refractivity contribution in [2.75, 3.05) is 23.4 Å². The van der Waals surface area contributed by atoms with E-state index in [1.165, 1.54) is 11.8 Å². The molecule has 0 aliphatic rings. The summed E-state index contributed by atoms with van der Waals surface area (Å²) in [6.07, 6.45) is 1.94. The molecule has 0 aliphatic carbocycles. The van der Waals surface area contributed by atoms with Crippen LogP contribution in [0.3, 0.4) is 0 Å². The number of rotatable bonds is 5. The molecule has 0 unspecified atom stereocenters. The van der Waals surface area contributed by atoms with Crippen molar-refractivity contribution in [2.24, 2.45) is 0 Å². The Labute approximate surface area is 122 Å². The second-order valence-corrected chi connectivity index (χ2v) is 4.75. The van der Waals surface area contributed by atoms with Gasteiger partial charge in [0, 0.05) is 18.3 Å². The summed E-state index contributed by atoms with van der Waals surface area (Å²) in [6.45, 7) is 2.82. The van der Waals surface area contributed by atoms with Crippen LogP contribution in [0.25, 0.3) is 0 Å². The smallest absolute Gasteiger partial charge is 0.191 e. The van der Waals surface area contributed by atoms with E-state index in [9.17, 15) is 0 Å². The largest absolute Gasteiger partial charge is 0.370 e. The first kappa shape index (κ1) is 14.2. The van der Waals surface area contributed by atoms with Gasteiger partial charge in [-0.3, -0.25) is 0 Å². The first-order chi connectivity index (χ1) is 9.75. The van der Waals surface area contributed by atoms with Gasteiger partial charge in [-0.1, -0.05) is 17.8 Å². The zero-order valence-corrected chi connectivity index (χ0v) is 12.2. The third-order valence-electron chi connectivity index (χ3n) is 2.51. The first-order valence-electron chi connectivity index (χ1n) is 6.19. The molecule has 1 aromatic heterocycles. The Morgan fingerprint density at radius 2 is 2.05 bits per heavy atom. The highest BCUT2D eigenvalue weighted by atomic mass is 32.2. The Bertz CT molecular complexity index is 636. The van der Waals surface area contributed by atoms with Gasteiger partial charge in [-0.25, -0.2) is 9.97 Å². The molecule has 20 heavy (non-hydrogen) atoms. The summed E-state index contributed by atoms with van der Waals surface area (Å²) in [5.74, 6) is 1.49. The van der Waals surface area contributed by atoms with Crippen LogP contribution in [0.2, 0.25) is 0 Å². The molecule has 5 nitrogen and oxygen atoms in total. The maximum absolute atomic E-state index is 8.91. The lowest BCUT2D eigenvalue weighted by atomic mass is 10.2. The predicted molar refractivity (Wildman–Crippen MR) is 82.4 cm³/mol. The zero-order chi connectivity index (χ0) is 14.4. The van der Waals surface area contributed by atoms with Gasteiger partial charge in [0.25, 0.3) is 0 Å². The van der Waals surface area contributed by atoms with E-state index >= 15 is 0 Å². The molecule has 1 aromatic carbocycles. The van der Waals surface area contributed by atoms with Crippen molar-refractivity contribution >= 4 is 29.1 Å². The van der Waals surface area contributed by atoms with Crippen LogP contribution in [0.5, 0.6) is 0 Å². The molecule has 0 amide bonds. The van der Waals surface area contributed by atoms with Crippen LogP contribution in [0, 0.1) is 11.3 Å². The zero-order valence-electron chi connectivity index (χ0n) is 11.3. The van der Waals surface area contributed by atoms with E-state index in [-0.39, 0.29) is 0 Å². The Morgan fingerprint density at radius 3 is 2.75 bits per heavy atom. The van der Waals surface area contributed by atoms with Gasteiger partial charge >= 0.3 is 0 Å². The number of nitrogens with zero attached hydrogens (tertiary/aromatic N) is 3. The lowest BCUT2D eigenvalue weighted by molar-refractivity contribution is 0.967. The molecular formula is C14H15N5S. The molecule has 0 bridgehead atoms. The van der Waals surface area contributed by atoms with E-state index in [0.29, 0.717) is 16.5 Å². The third kappa shape index (κ3) is 3.62. The van der Waals surface area contributed by atoms with Crippen LogP contribution in [0.4, 0.5) is 17.3 Å². The van der Waals surface area contributed by atoms with Gasteiger partial charge in [0.1, 0.15) is 11.6 Å². The fraction of sp³-hybridized carbons (Fsp3) is 0.214. The van der Waals surface area contributed by atoms with Crippen molar-refractivity contribution in [2.45, 2.75) is 12.1 Å². The molecule has 2 N–H and O–H groups in total. The van der Waals surface area contributed by atoms with Crippen LogP contribution >= 0.6 is 11.8 Å². The van der Waals surface area contributed by atoms with E-state index < -0.39 is 0 Å². The van der Waals surface area contributed by atoms with E-state index in [4.69, 9.17) is 5.26 Å². The van der Waals surface area contributed by atoms with Crippen molar-refractivity contribution in [1.29, 1.82) is 5.26 Å². The molecule has 102 valence electrons. The van der Waals surface area contributed by atoms with Gasteiger partial charge in [-0.2, -0.15) is 5.26 Å². The van der Waals surface area contributed by atoms with E-state index in [1.54, 1.807) is 12.1 Å². The van der Waals surface area contributed by atoms with Gasteiger partial charge < -0.3 is 10.6 Å². The van der Waals surface area contributed by atoms with Crippen molar-refractivity contribution in [1.82, 2.24) is 9.97 Å². The topological polar surface area (TPSA) is 73.6 Å². The summed E-state index contributed by atoms with van der Waals surface area (Å²) in [7, 11) is 0. The third-order valence-corrected chi connectivity index (χ3v) is 3.06. The van der Waals surface area contributed by atoms with Gasteiger partial charge in [0.05, 0.1) is 11.6 Å². The number of anilines is 3. The number of thioether (sulfide) groups is 1. The summed E-state index contributed by atoms with van der Waals surface area (Å²) in [6, 6.07) is 11.3. The van der Waals surface area contributed by atoms with Crippen molar-refractivity contribution in [3.63, 3.8) is 0 Å². The second kappa shape index (κ2) is 6.78. The summed E-state index contributed by atoms with van der Waals surface area (Å²) in [4.78, 5) is 8.77. The Balaban J connectivity index is 2.27. The highest BCUT2D eigenvalue weighted by molar-refractivity contribution is 7.98. The van der Waals surface area contributed by atoms with Crippen molar-refractivity contribution < 1.29 is 0 Å². The standard InChI is InChI=1S/C14H15N5S/c1-3-16-12-8-13(19-14(18-12)20-2)17-11-6-4-5-10(7-11)9-15/h4-8H,3H2,1-2H3,(H2,16,17,18,19). The van der Waals surface area contributed by atoms with Crippen LogP contribution in [0.1, 0.15) is 12.5 Å². The molecule has 0 aliphatic heterocycles. The number of hydrogen-bond donors (Lipinski definition) is 2. The second-order valence-electron chi connectivity index (χ2n) is 3.97. The molecular weight excluding hydrogens is 270 g/mol. The number of aromatic nitrogens is 2. The summed E-state index contributed by atoms with van der Waals surface area (Å²) < 4.78 is 0. The van der Waals surface area contributed by atoms with Gasteiger partial charge in [-0.05, 0) is 31.4 Å². The molecule has 0 radical (unpaired) electrons. The van der Waals surface area contributed by atoms with Gasteiger partial charge in [0.15, 0.2) is 5.16 Å². The number of hydrogen-bond acceptors (Lipinski definition) is 6. The summed E-state index contributed by atoms with van der Waals surface area (Å²) >= 11 is 1.49. The van der Waals surface area contributed by atoms with Crippen LogP contribution < -0.4 is 10.6 Å². The Kier molecular flexibility index (Phi) is 4.80. The fourth-order valence-electron chi connectivity index (χ4n) is 1.67. The molecule has 2 rings (SSSR count). The van der Waals surface area contributed by atoms with Crippen molar-refractivity contribution in [3.8, 4) is 6.07 Å². The number of nitrogens with one attached hydrogen (secondary N) is 2. The average Bonchev–Trinajstić information content (AvgIpc) is 2.47. The molecule has 0 saturated carbocycles. The van der Waals surface area contributed by atoms with Crippen LogP contribution in [-0.2, 0) is 0 Å². The minimum atomic E-state index is 0.612. The molecule has 6 heteroatoms. The molecule has 0 spiro atoms. The Hall–Kier alpha value is -2.26. The molecule has 2 aromatic rings. The summed E-state index contributed by atoms with van der Waals surface area (Å²) in [5, 5.41) is 16.0. The maximum Gasteiger partial charge on any atom is 0.191 e. The van der Waals surface area contributed by atoms with E-state index in [1.807, 2.05) is 31.4 Å². The van der Waals surface area contributed by atoms with Crippen LogP contribution in [-0.4, -0.2) is 22.8 Å². The quantitative estimate of drug-likeness (QED) is 0.649. The molecule has 1 heterocycles. The van der Waals surface area contributed by atoms with Crippen molar-refractivity contribution in [3.05, 3.63) is 35.9 Å². The van der Waals surface area contributed by atoms with Crippen LogP contribution in [0.15, 0.2) is 35.5 Å².